The summed E-state index contributed by atoms with van der Waals surface area (Å²) in [6.07, 6.45) is 3.13. The molecule has 0 radical (unpaired) electrons. The molecule has 5 heteroatoms. The highest BCUT2D eigenvalue weighted by atomic mass is 35.5. The van der Waals surface area contributed by atoms with Crippen molar-refractivity contribution in [2.24, 2.45) is 0 Å². The number of aromatic nitrogens is 2. The molecule has 0 N–H and O–H groups in total. The van der Waals surface area contributed by atoms with Crippen LogP contribution in [0.25, 0.3) is 28.2 Å². The Hall–Kier alpha value is -3.21. The highest BCUT2D eigenvalue weighted by Gasteiger charge is 2.41. The molecule has 0 atom stereocenters. The maximum Gasteiger partial charge on any atom is 0.279 e. The zero-order valence-electron chi connectivity index (χ0n) is 22.9. The number of hydrogen-bond donors (Lipinski definition) is 1. The molecule has 2 aromatic carbocycles. The van der Waals surface area contributed by atoms with E-state index in [2.05, 4.69) is 112 Å². The Morgan fingerprint density at radius 2 is 1.21 bits per heavy atom. The Bertz CT molecular complexity index is 1470. The number of alkyl halides is 1. The summed E-state index contributed by atoms with van der Waals surface area (Å²) >= 11 is 11.7. The van der Waals surface area contributed by atoms with Crippen LogP contribution in [0.2, 0.25) is 0 Å². The molecule has 4 aromatic rings. The monoisotopic (exact) mass is 542 g/mol. The van der Waals surface area contributed by atoms with Gasteiger partial charge in [-0.1, -0.05) is 50.2 Å². The van der Waals surface area contributed by atoms with E-state index < -0.39 is 5.00 Å². The summed E-state index contributed by atoms with van der Waals surface area (Å²) in [7, 11) is 2.15. The van der Waals surface area contributed by atoms with E-state index in [0.717, 1.165) is 40.5 Å². The lowest BCUT2D eigenvalue weighted by Gasteiger charge is -2.17. The minimum absolute atomic E-state index is 0.589. The van der Waals surface area contributed by atoms with Gasteiger partial charge in [-0.05, 0) is 48.0 Å². The van der Waals surface area contributed by atoms with E-state index in [9.17, 15) is 0 Å². The average Bonchev–Trinajstić information content (AvgIpc) is 3.34. The second-order valence-electron chi connectivity index (χ2n) is 9.44. The van der Waals surface area contributed by atoms with Gasteiger partial charge < -0.3 is 0 Å². The summed E-state index contributed by atoms with van der Waals surface area (Å²) in [6.45, 7) is 8.09. The minimum atomic E-state index is -0.621. The van der Waals surface area contributed by atoms with Gasteiger partial charge in [0.2, 0.25) is 16.4 Å². The number of thiol groups is 1. The van der Waals surface area contributed by atoms with Crippen LogP contribution in [0.1, 0.15) is 45.5 Å². The van der Waals surface area contributed by atoms with Gasteiger partial charge in [0.25, 0.3) is 22.8 Å². The predicted octanol–water partition coefficient (Wildman–Crippen LogP) is 7.32. The van der Waals surface area contributed by atoms with E-state index in [1.807, 2.05) is 39.8 Å². The van der Waals surface area contributed by atoms with Crippen molar-refractivity contribution in [1.82, 2.24) is 0 Å². The lowest BCUT2D eigenvalue weighted by atomic mass is 10.1. The molecule has 3 nitrogen and oxygen atoms in total. The molecule has 0 saturated heterocycles. The molecule has 0 fully saturated rings. The first kappa shape index (κ1) is 27.8. The van der Waals surface area contributed by atoms with Crippen molar-refractivity contribution in [3.05, 3.63) is 115 Å². The van der Waals surface area contributed by atoms with E-state index in [1.165, 1.54) is 11.3 Å². The van der Waals surface area contributed by atoms with Crippen molar-refractivity contribution in [1.29, 1.82) is 0 Å². The van der Waals surface area contributed by atoms with Gasteiger partial charge in [-0.25, -0.2) is 0 Å². The normalized spacial score (nSPS) is 13.2. The van der Waals surface area contributed by atoms with Crippen molar-refractivity contribution in [3.8, 4) is 22.5 Å². The molecule has 1 aliphatic rings. The highest BCUT2D eigenvalue weighted by Crippen LogP contribution is 2.28. The largest absolute Gasteiger partial charge is 0.279 e. The Balaban J connectivity index is 0.00000164. The van der Waals surface area contributed by atoms with Crippen molar-refractivity contribution in [2.45, 2.75) is 45.0 Å². The molecule has 0 amide bonds. The van der Waals surface area contributed by atoms with Crippen LogP contribution in [0, 0.1) is 0 Å². The third-order valence-corrected chi connectivity index (χ3v) is 7.16. The van der Waals surface area contributed by atoms with E-state index in [4.69, 9.17) is 24.2 Å². The molecular formula is C33H37ClN3S+3. The number of nitrogens with zero attached hydrogens (tertiary/aromatic N) is 3. The van der Waals surface area contributed by atoms with Crippen LogP contribution in [0.3, 0.4) is 0 Å². The molecule has 194 valence electrons. The van der Waals surface area contributed by atoms with Crippen LogP contribution >= 0.6 is 24.2 Å². The third-order valence-electron chi connectivity index (χ3n) is 6.71. The van der Waals surface area contributed by atoms with Crippen LogP contribution in [0.4, 0.5) is 0 Å². The van der Waals surface area contributed by atoms with Crippen LogP contribution in [0.5, 0.6) is 0 Å². The van der Waals surface area contributed by atoms with Gasteiger partial charge in [0.15, 0.2) is 5.88 Å². The molecule has 38 heavy (non-hydrogen) atoms. The molecule has 0 bridgehead atoms. The first-order valence-electron chi connectivity index (χ1n) is 13.2. The summed E-state index contributed by atoms with van der Waals surface area (Å²) in [4.78, 5) is -0.621. The maximum atomic E-state index is 7.03. The first-order chi connectivity index (χ1) is 18.4. The van der Waals surface area contributed by atoms with Gasteiger partial charge in [0.05, 0.1) is 6.42 Å². The van der Waals surface area contributed by atoms with Crippen LogP contribution in [0.15, 0.2) is 103 Å². The van der Waals surface area contributed by atoms with Crippen molar-refractivity contribution in [3.63, 3.8) is 0 Å². The molecule has 0 spiro atoms. The van der Waals surface area contributed by atoms with Gasteiger partial charge in [-0.15, -0.1) is 12.6 Å². The van der Waals surface area contributed by atoms with Gasteiger partial charge >= 0.3 is 0 Å². The fraction of sp³-hybridized carbons (Fsp3) is 0.242. The van der Waals surface area contributed by atoms with E-state index in [1.54, 1.807) is 0 Å². The molecule has 3 heterocycles. The van der Waals surface area contributed by atoms with Gasteiger partial charge in [-0.2, -0.15) is 13.7 Å². The number of rotatable bonds is 6. The second kappa shape index (κ2) is 12.1. The van der Waals surface area contributed by atoms with Crippen LogP contribution < -0.4 is 9.13 Å². The molecule has 2 aromatic heterocycles. The summed E-state index contributed by atoms with van der Waals surface area (Å²) in [5.41, 5.74) is 9.20. The lowest BCUT2D eigenvalue weighted by Crippen LogP contribution is -2.53. The van der Waals surface area contributed by atoms with Gasteiger partial charge in [-0.3, -0.25) is 0 Å². The molecule has 0 aliphatic carbocycles. The number of hydrogen-bond acceptors (Lipinski definition) is 1. The Kier molecular flexibility index (Phi) is 8.86. The summed E-state index contributed by atoms with van der Waals surface area (Å²) in [5.74, 6) is 0.589. The number of benzene rings is 2. The number of pyridine rings is 2. The van der Waals surface area contributed by atoms with Crippen molar-refractivity contribution >= 4 is 35.6 Å². The molecule has 0 unspecified atom stereocenters. The SMILES string of the molecule is CC.C[N+]1=C(c2cccc(-c3ccccc3)[n+]2CS)CC=C1c1cccc(-c2ccccc2)[n+]1C(C)(C)Cl. The third kappa shape index (κ3) is 5.48. The fourth-order valence-electron chi connectivity index (χ4n) is 5.09. The van der Waals surface area contributed by atoms with E-state index >= 15 is 0 Å². The molecular weight excluding hydrogens is 506 g/mol. The lowest BCUT2D eigenvalue weighted by molar-refractivity contribution is -0.729. The average molecular weight is 543 g/mol. The number of halogens is 1. The Morgan fingerprint density at radius 1 is 0.711 bits per heavy atom. The quantitative estimate of drug-likeness (QED) is 0.149. The molecule has 0 saturated carbocycles. The second-order valence-corrected chi connectivity index (χ2v) is 10.6. The fourth-order valence-corrected chi connectivity index (χ4v) is 5.57. The van der Waals surface area contributed by atoms with Crippen LogP contribution in [-0.2, 0) is 10.9 Å². The Morgan fingerprint density at radius 3 is 1.76 bits per heavy atom. The van der Waals surface area contributed by atoms with Crippen molar-refractivity contribution in [2.75, 3.05) is 7.05 Å². The molecule has 1 aliphatic heterocycles. The minimum Gasteiger partial charge on any atom is -0.187 e. The number of allylic oxidation sites excluding steroid dienone is 1. The summed E-state index contributed by atoms with van der Waals surface area (Å²) < 4.78 is 6.82. The zero-order valence-corrected chi connectivity index (χ0v) is 24.5. The van der Waals surface area contributed by atoms with Crippen LogP contribution in [-0.4, -0.2) is 17.3 Å². The zero-order chi connectivity index (χ0) is 27.3. The smallest absolute Gasteiger partial charge is 0.187 e. The predicted molar refractivity (Wildman–Crippen MR) is 163 cm³/mol. The van der Waals surface area contributed by atoms with E-state index in [0.29, 0.717) is 5.88 Å². The van der Waals surface area contributed by atoms with Gasteiger partial charge in [0.1, 0.15) is 7.05 Å². The Labute approximate surface area is 237 Å². The molecule has 5 rings (SSSR count). The topological polar surface area (TPSA) is 10.8 Å². The standard InChI is InChI=1S/C31H30ClN3S.C2H6/c1-31(2,32)35-26(24-14-8-5-9-15-24)17-11-19-30(35)28-21-20-27(33(28)3)29-18-10-16-25(34(29)22-36)23-12-6-4-7-13-23;1-2/h4-19,21H,20,22H2,1-3H3;1-2H3/q+2;/p+1. The van der Waals surface area contributed by atoms with E-state index in [-0.39, 0.29) is 0 Å². The van der Waals surface area contributed by atoms with Crippen molar-refractivity contribution < 1.29 is 13.7 Å². The van der Waals surface area contributed by atoms with Gasteiger partial charge in [0, 0.05) is 55.3 Å². The summed E-state index contributed by atoms with van der Waals surface area (Å²) in [5, 5.41) is 0. The first-order valence-corrected chi connectivity index (χ1v) is 14.2. The summed E-state index contributed by atoms with van der Waals surface area (Å²) in [6, 6.07) is 33.8. The highest BCUT2D eigenvalue weighted by molar-refractivity contribution is 7.78. The maximum absolute atomic E-state index is 7.03.